The van der Waals surface area contributed by atoms with Crippen molar-refractivity contribution in [2.24, 2.45) is 0 Å². The molecule has 4 heteroatoms. The number of benzene rings is 3. The number of fused-ring (bicyclic) bond motifs is 1. The molecule has 0 bridgehead atoms. The molecule has 1 heterocycles. The highest BCUT2D eigenvalue weighted by Gasteiger charge is 2.54. The van der Waals surface area contributed by atoms with Crippen LogP contribution in [0.1, 0.15) is 40.8 Å². The van der Waals surface area contributed by atoms with Gasteiger partial charge in [0, 0.05) is 22.2 Å². The Bertz CT molecular complexity index is 1380. The number of Topliss-reactive ketones (excluding diaryl/α,β-unsaturated/α-hetero) is 1. The maximum atomic E-state index is 13.9. The van der Waals surface area contributed by atoms with Gasteiger partial charge in [-0.15, -0.1) is 0 Å². The Hall–Kier alpha value is -3.66. The smallest absolute Gasteiger partial charge is 0.181 e. The summed E-state index contributed by atoms with van der Waals surface area (Å²) in [5, 5.41) is 12.1. The van der Waals surface area contributed by atoms with Gasteiger partial charge in [-0.1, -0.05) is 60.2 Å². The molecule has 160 valence electrons. The molecule has 5 rings (SSSR count). The fraction of sp³-hybridized carbons (Fsp3) is 0.179. The summed E-state index contributed by atoms with van der Waals surface area (Å²) in [6.07, 6.45) is 0. The third-order valence-electron chi connectivity index (χ3n) is 6.83. The Morgan fingerprint density at radius 1 is 0.969 bits per heavy atom. The molecule has 1 aliphatic rings. The number of allylic oxidation sites excluding steroid dienone is 2. The van der Waals surface area contributed by atoms with E-state index in [1.165, 1.54) is 12.1 Å². The van der Waals surface area contributed by atoms with E-state index in [9.17, 15) is 14.3 Å². The molecule has 2 N–H and O–H groups in total. The molecule has 0 amide bonds. The third-order valence-corrected chi connectivity index (χ3v) is 6.83. The van der Waals surface area contributed by atoms with Crippen LogP contribution < -0.4 is 0 Å². The monoisotopic (exact) mass is 425 g/mol. The number of hydrogen-bond donors (Lipinski definition) is 2. The maximum absolute atomic E-state index is 13.9. The average Bonchev–Trinajstić information content (AvgIpc) is 3.13. The molecule has 3 nitrogen and oxygen atoms in total. The lowest BCUT2D eigenvalue weighted by molar-refractivity contribution is -0.123. The first-order valence-electron chi connectivity index (χ1n) is 10.7. The predicted octanol–water partition coefficient (Wildman–Crippen LogP) is 6.41. The van der Waals surface area contributed by atoms with Crippen LogP contribution in [0.5, 0.6) is 0 Å². The molecular formula is C28H24FNO2. The molecule has 0 fully saturated rings. The quantitative estimate of drug-likeness (QED) is 0.397. The summed E-state index contributed by atoms with van der Waals surface area (Å²) in [6, 6.07) is 22.0. The van der Waals surface area contributed by atoms with Crippen molar-refractivity contribution in [1.29, 1.82) is 0 Å². The molecule has 2 unspecified atom stereocenters. The van der Waals surface area contributed by atoms with Gasteiger partial charge in [-0.2, -0.15) is 0 Å². The fourth-order valence-electron chi connectivity index (χ4n) is 4.85. The molecule has 0 aliphatic heterocycles. The maximum Gasteiger partial charge on any atom is 0.181 e. The summed E-state index contributed by atoms with van der Waals surface area (Å²) in [4.78, 5) is 17.0. The van der Waals surface area contributed by atoms with Crippen LogP contribution in [0, 0.1) is 19.7 Å². The van der Waals surface area contributed by atoms with Gasteiger partial charge >= 0.3 is 0 Å². The molecule has 2 atom stereocenters. The summed E-state index contributed by atoms with van der Waals surface area (Å²) >= 11 is 0. The van der Waals surface area contributed by atoms with Crippen LogP contribution in [-0.2, 0) is 10.2 Å². The number of hydrogen-bond acceptors (Lipinski definition) is 2. The van der Waals surface area contributed by atoms with E-state index in [1.54, 1.807) is 13.0 Å². The molecular weight excluding hydrogens is 401 g/mol. The van der Waals surface area contributed by atoms with Gasteiger partial charge in [0.25, 0.3) is 0 Å². The number of H-pyrrole nitrogens is 1. The van der Waals surface area contributed by atoms with Crippen LogP contribution in [-0.4, -0.2) is 15.9 Å². The Labute approximate surface area is 186 Å². The van der Waals surface area contributed by atoms with Gasteiger partial charge in [-0.05, 0) is 55.7 Å². The minimum atomic E-state index is -1.07. The van der Waals surface area contributed by atoms with E-state index < -0.39 is 11.3 Å². The lowest BCUT2D eigenvalue weighted by Crippen LogP contribution is -2.47. The zero-order valence-electron chi connectivity index (χ0n) is 18.2. The number of halogens is 1. The van der Waals surface area contributed by atoms with Crippen LogP contribution in [0.25, 0.3) is 10.9 Å². The van der Waals surface area contributed by atoms with E-state index in [4.69, 9.17) is 0 Å². The zero-order valence-corrected chi connectivity index (χ0v) is 18.2. The number of carbonyl (C=O) groups excluding carboxylic acids is 1. The van der Waals surface area contributed by atoms with E-state index in [-0.39, 0.29) is 17.4 Å². The fourth-order valence-corrected chi connectivity index (χ4v) is 4.85. The number of aromatic amines is 1. The van der Waals surface area contributed by atoms with Gasteiger partial charge < -0.3 is 10.1 Å². The van der Waals surface area contributed by atoms with Crippen molar-refractivity contribution in [3.63, 3.8) is 0 Å². The third kappa shape index (κ3) is 2.83. The standard InChI is InChI=1S/C28H24FNO2/c1-16-9-11-19(12-10-16)28(3)26(31)24(27(28)32)23(18-7-5-4-6-8-18)25-17(2)21-15-20(29)13-14-22(21)30-25/h4-15,23,30-31H,1-3H3. The first kappa shape index (κ1) is 20.3. The number of aryl methyl sites for hydroxylation is 2. The molecule has 0 radical (unpaired) electrons. The number of rotatable bonds is 4. The largest absolute Gasteiger partial charge is 0.510 e. The van der Waals surface area contributed by atoms with Crippen molar-refractivity contribution in [1.82, 2.24) is 4.98 Å². The first-order chi connectivity index (χ1) is 15.3. The van der Waals surface area contributed by atoms with Crippen LogP contribution >= 0.6 is 0 Å². The van der Waals surface area contributed by atoms with Crippen LogP contribution in [0.3, 0.4) is 0 Å². The molecule has 3 aromatic carbocycles. The number of aromatic nitrogens is 1. The van der Waals surface area contributed by atoms with E-state index in [0.717, 1.165) is 38.9 Å². The van der Waals surface area contributed by atoms with Gasteiger partial charge in [-0.25, -0.2) is 4.39 Å². The molecule has 0 saturated heterocycles. The van der Waals surface area contributed by atoms with Gasteiger partial charge in [0.05, 0.1) is 5.92 Å². The van der Waals surface area contributed by atoms with Crippen molar-refractivity contribution in [2.45, 2.75) is 32.1 Å². The lowest BCUT2D eigenvalue weighted by atomic mass is 9.60. The van der Waals surface area contributed by atoms with Crippen LogP contribution in [0.2, 0.25) is 0 Å². The second kappa shape index (κ2) is 7.20. The summed E-state index contributed by atoms with van der Waals surface area (Å²) in [5.41, 5.74) is 4.53. The summed E-state index contributed by atoms with van der Waals surface area (Å²) in [5.74, 6) is -0.796. The number of aliphatic hydroxyl groups excluding tert-OH is 1. The molecule has 1 aromatic heterocycles. The highest BCUT2D eigenvalue weighted by Crippen LogP contribution is 2.51. The van der Waals surface area contributed by atoms with E-state index in [1.807, 2.05) is 68.4 Å². The number of nitrogens with one attached hydrogen (secondary N) is 1. The van der Waals surface area contributed by atoms with Crippen molar-refractivity contribution in [3.05, 3.63) is 118 Å². The Morgan fingerprint density at radius 3 is 2.31 bits per heavy atom. The Morgan fingerprint density at radius 2 is 1.66 bits per heavy atom. The number of aliphatic hydroxyl groups is 1. The summed E-state index contributed by atoms with van der Waals surface area (Å²) in [7, 11) is 0. The van der Waals surface area contributed by atoms with E-state index >= 15 is 0 Å². The molecule has 1 aliphatic carbocycles. The van der Waals surface area contributed by atoms with Crippen molar-refractivity contribution in [3.8, 4) is 0 Å². The lowest BCUT2D eigenvalue weighted by Gasteiger charge is -2.41. The molecule has 0 spiro atoms. The van der Waals surface area contributed by atoms with Crippen molar-refractivity contribution in [2.75, 3.05) is 0 Å². The average molecular weight is 426 g/mol. The SMILES string of the molecule is Cc1ccc(C2(C)C(=O)C(C(c3ccccc3)c3[nH]c4ccc(F)cc4c3C)=C2O)cc1. The normalized spacial score (nSPS) is 19.3. The first-order valence-corrected chi connectivity index (χ1v) is 10.7. The molecule has 0 saturated carbocycles. The summed E-state index contributed by atoms with van der Waals surface area (Å²) in [6.45, 7) is 5.68. The van der Waals surface area contributed by atoms with Crippen LogP contribution in [0.4, 0.5) is 4.39 Å². The zero-order chi connectivity index (χ0) is 22.6. The van der Waals surface area contributed by atoms with Crippen molar-refractivity contribution >= 4 is 16.7 Å². The van der Waals surface area contributed by atoms with Gasteiger partial charge in [0.15, 0.2) is 5.78 Å². The van der Waals surface area contributed by atoms with Gasteiger partial charge in [0.1, 0.15) is 17.0 Å². The molecule has 4 aromatic rings. The van der Waals surface area contributed by atoms with Gasteiger partial charge in [-0.3, -0.25) is 4.79 Å². The summed E-state index contributed by atoms with van der Waals surface area (Å²) < 4.78 is 13.9. The van der Waals surface area contributed by atoms with Crippen molar-refractivity contribution < 1.29 is 14.3 Å². The second-order valence-electron chi connectivity index (χ2n) is 8.78. The van der Waals surface area contributed by atoms with Gasteiger partial charge in [0.2, 0.25) is 0 Å². The minimum Gasteiger partial charge on any atom is -0.510 e. The Kier molecular flexibility index (Phi) is 4.55. The van der Waals surface area contributed by atoms with E-state index in [2.05, 4.69) is 4.98 Å². The Balaban J connectivity index is 1.71. The number of ketones is 1. The molecule has 32 heavy (non-hydrogen) atoms. The number of carbonyl (C=O) groups is 1. The topological polar surface area (TPSA) is 53.1 Å². The van der Waals surface area contributed by atoms with Crippen LogP contribution in [0.15, 0.2) is 84.1 Å². The highest BCUT2D eigenvalue weighted by atomic mass is 19.1. The predicted molar refractivity (Wildman–Crippen MR) is 124 cm³/mol. The minimum absolute atomic E-state index is 0.0874. The van der Waals surface area contributed by atoms with E-state index in [0.29, 0.717) is 5.57 Å². The second-order valence-corrected chi connectivity index (χ2v) is 8.78. The highest BCUT2D eigenvalue weighted by molar-refractivity contribution is 6.14.